The Hall–Kier alpha value is -2.50. The fourth-order valence-corrected chi connectivity index (χ4v) is 4.30. The number of carbonyl (C=O) groups is 1. The highest BCUT2D eigenvalue weighted by atomic mass is 32.2. The fourth-order valence-electron chi connectivity index (χ4n) is 2.86. The van der Waals surface area contributed by atoms with Gasteiger partial charge in [-0.15, -0.1) is 0 Å². The molecule has 6 nitrogen and oxygen atoms in total. The molecule has 0 unspecified atom stereocenters. The van der Waals surface area contributed by atoms with Gasteiger partial charge in [0.1, 0.15) is 5.82 Å². The largest absolute Gasteiger partial charge is 0.416 e. The molecular formula is C19H18F4N2O4S. The predicted octanol–water partition coefficient (Wildman–Crippen LogP) is 2.80. The first-order valence-corrected chi connectivity index (χ1v) is 10.3. The Morgan fingerprint density at radius 2 is 1.70 bits per heavy atom. The summed E-state index contributed by atoms with van der Waals surface area (Å²) in [4.78, 5) is 12.1. The maximum Gasteiger partial charge on any atom is 0.416 e. The van der Waals surface area contributed by atoms with Crippen LogP contribution in [0.1, 0.15) is 21.5 Å². The molecule has 1 heterocycles. The van der Waals surface area contributed by atoms with Gasteiger partial charge < -0.3 is 10.1 Å². The smallest absolute Gasteiger partial charge is 0.379 e. The molecule has 11 heteroatoms. The van der Waals surface area contributed by atoms with Gasteiger partial charge in [0.15, 0.2) is 0 Å². The van der Waals surface area contributed by atoms with Crippen molar-refractivity contribution in [1.29, 1.82) is 0 Å². The van der Waals surface area contributed by atoms with Crippen molar-refractivity contribution in [3.05, 3.63) is 65.0 Å². The Kier molecular flexibility index (Phi) is 6.44. The Balaban J connectivity index is 1.73. The van der Waals surface area contributed by atoms with Crippen molar-refractivity contribution in [1.82, 2.24) is 9.62 Å². The van der Waals surface area contributed by atoms with Crippen LogP contribution in [0.4, 0.5) is 17.6 Å². The molecule has 0 saturated carbocycles. The Morgan fingerprint density at radius 3 is 2.30 bits per heavy atom. The minimum Gasteiger partial charge on any atom is -0.379 e. The first kappa shape index (κ1) is 22.2. The second-order valence-corrected chi connectivity index (χ2v) is 8.47. The molecule has 0 spiro atoms. The van der Waals surface area contributed by atoms with E-state index in [4.69, 9.17) is 4.74 Å². The molecule has 1 N–H and O–H groups in total. The van der Waals surface area contributed by atoms with Crippen LogP contribution in [-0.4, -0.2) is 44.9 Å². The highest BCUT2D eigenvalue weighted by molar-refractivity contribution is 7.89. The van der Waals surface area contributed by atoms with Crippen LogP contribution in [0.25, 0.3) is 0 Å². The number of carbonyl (C=O) groups excluding carboxylic acids is 1. The summed E-state index contributed by atoms with van der Waals surface area (Å²) in [5.74, 6) is -1.80. The standard InChI is InChI=1S/C19H18F4N2O4S/c20-17-6-5-15(30(27,28)25-7-9-29-10-8-25)11-16(17)18(26)24-12-13-1-3-14(4-2-13)19(21,22)23/h1-6,11H,7-10,12H2,(H,24,26). The Labute approximate surface area is 170 Å². The van der Waals surface area contributed by atoms with E-state index in [2.05, 4.69) is 5.32 Å². The SMILES string of the molecule is O=C(NCc1ccc(C(F)(F)F)cc1)c1cc(S(=O)(=O)N2CCOCC2)ccc1F. The lowest BCUT2D eigenvalue weighted by Gasteiger charge is -2.26. The lowest BCUT2D eigenvalue weighted by atomic mass is 10.1. The molecule has 1 fully saturated rings. The average Bonchev–Trinajstić information content (AvgIpc) is 2.72. The van der Waals surface area contributed by atoms with Gasteiger partial charge in [-0.05, 0) is 35.9 Å². The first-order valence-electron chi connectivity index (χ1n) is 8.91. The molecule has 1 amide bonds. The van der Waals surface area contributed by atoms with E-state index in [1.165, 1.54) is 16.4 Å². The van der Waals surface area contributed by atoms with Crippen molar-refractivity contribution in [3.63, 3.8) is 0 Å². The van der Waals surface area contributed by atoms with Gasteiger partial charge >= 0.3 is 6.18 Å². The van der Waals surface area contributed by atoms with Crippen LogP contribution in [0.3, 0.4) is 0 Å². The minimum absolute atomic E-state index is 0.148. The third-order valence-corrected chi connectivity index (χ3v) is 6.42. The monoisotopic (exact) mass is 446 g/mol. The molecule has 1 saturated heterocycles. The van der Waals surface area contributed by atoms with Gasteiger partial charge in [0, 0.05) is 19.6 Å². The van der Waals surface area contributed by atoms with E-state index in [9.17, 15) is 30.8 Å². The molecule has 0 aromatic heterocycles. The van der Waals surface area contributed by atoms with E-state index in [1.807, 2.05) is 0 Å². The normalized spacial score (nSPS) is 15.7. The van der Waals surface area contributed by atoms with E-state index in [0.717, 1.165) is 30.3 Å². The molecule has 0 aliphatic carbocycles. The van der Waals surface area contributed by atoms with E-state index in [0.29, 0.717) is 5.56 Å². The molecule has 30 heavy (non-hydrogen) atoms. The highest BCUT2D eigenvalue weighted by Gasteiger charge is 2.30. The van der Waals surface area contributed by atoms with Crippen LogP contribution in [0.2, 0.25) is 0 Å². The molecule has 0 radical (unpaired) electrons. The lowest BCUT2D eigenvalue weighted by Crippen LogP contribution is -2.40. The molecule has 1 aliphatic heterocycles. The van der Waals surface area contributed by atoms with Gasteiger partial charge in [0.25, 0.3) is 5.91 Å². The molecule has 0 bridgehead atoms. The van der Waals surface area contributed by atoms with Crippen LogP contribution >= 0.6 is 0 Å². The number of ether oxygens (including phenoxy) is 1. The van der Waals surface area contributed by atoms with Crippen molar-refractivity contribution in [2.24, 2.45) is 0 Å². The van der Waals surface area contributed by atoms with Crippen molar-refractivity contribution in [2.75, 3.05) is 26.3 Å². The number of hydrogen-bond acceptors (Lipinski definition) is 4. The maximum absolute atomic E-state index is 14.1. The zero-order valence-electron chi connectivity index (χ0n) is 15.6. The van der Waals surface area contributed by atoms with Crippen LogP contribution in [0.15, 0.2) is 47.4 Å². The van der Waals surface area contributed by atoms with E-state index in [1.54, 1.807) is 0 Å². The van der Waals surface area contributed by atoms with Gasteiger partial charge in [0.2, 0.25) is 10.0 Å². The van der Waals surface area contributed by atoms with Crippen LogP contribution in [-0.2, 0) is 27.5 Å². The predicted molar refractivity (Wildman–Crippen MR) is 98.6 cm³/mol. The zero-order chi connectivity index (χ0) is 21.9. The van der Waals surface area contributed by atoms with Crippen LogP contribution in [0, 0.1) is 5.82 Å². The highest BCUT2D eigenvalue weighted by Crippen LogP contribution is 2.29. The molecule has 3 rings (SSSR count). The molecule has 2 aromatic rings. The van der Waals surface area contributed by atoms with Crippen molar-refractivity contribution < 1.29 is 35.5 Å². The van der Waals surface area contributed by atoms with Crippen molar-refractivity contribution in [2.45, 2.75) is 17.6 Å². The van der Waals surface area contributed by atoms with Crippen molar-refractivity contribution >= 4 is 15.9 Å². The maximum atomic E-state index is 14.1. The molecule has 162 valence electrons. The Morgan fingerprint density at radius 1 is 1.07 bits per heavy atom. The van der Waals surface area contributed by atoms with Gasteiger partial charge in [-0.3, -0.25) is 4.79 Å². The number of alkyl halides is 3. The number of benzene rings is 2. The summed E-state index contributed by atoms with van der Waals surface area (Å²) in [5.41, 5.74) is -0.935. The zero-order valence-corrected chi connectivity index (χ0v) is 16.4. The number of halogens is 4. The van der Waals surface area contributed by atoms with Gasteiger partial charge in [0.05, 0.1) is 29.2 Å². The number of hydrogen-bond donors (Lipinski definition) is 1. The minimum atomic E-state index is -4.47. The number of nitrogens with zero attached hydrogens (tertiary/aromatic N) is 1. The summed E-state index contributed by atoms with van der Waals surface area (Å²) in [7, 11) is -3.92. The fraction of sp³-hybridized carbons (Fsp3) is 0.316. The second-order valence-electron chi connectivity index (χ2n) is 6.54. The summed E-state index contributed by atoms with van der Waals surface area (Å²) >= 11 is 0. The number of morpholine rings is 1. The van der Waals surface area contributed by atoms with E-state index in [-0.39, 0.29) is 37.7 Å². The van der Waals surface area contributed by atoms with Gasteiger partial charge in [-0.2, -0.15) is 17.5 Å². The summed E-state index contributed by atoms with van der Waals surface area (Å²) in [6, 6.07) is 7.04. The summed E-state index contributed by atoms with van der Waals surface area (Å²) in [5, 5.41) is 2.38. The van der Waals surface area contributed by atoms with E-state index < -0.39 is 39.1 Å². The van der Waals surface area contributed by atoms with E-state index >= 15 is 0 Å². The quantitative estimate of drug-likeness (QED) is 0.717. The topological polar surface area (TPSA) is 75.7 Å². The summed E-state index contributed by atoms with van der Waals surface area (Å²) < 4.78 is 83.6. The number of rotatable bonds is 5. The third kappa shape index (κ3) is 4.97. The lowest BCUT2D eigenvalue weighted by molar-refractivity contribution is -0.137. The first-order chi connectivity index (χ1) is 14.1. The third-order valence-electron chi connectivity index (χ3n) is 4.52. The van der Waals surface area contributed by atoms with Gasteiger partial charge in [-0.25, -0.2) is 12.8 Å². The number of nitrogens with one attached hydrogen (secondary N) is 1. The molecule has 1 aliphatic rings. The van der Waals surface area contributed by atoms with Crippen molar-refractivity contribution in [3.8, 4) is 0 Å². The molecule has 2 aromatic carbocycles. The number of amides is 1. The number of sulfonamides is 1. The second kappa shape index (κ2) is 8.70. The average molecular weight is 446 g/mol. The molecule has 0 atom stereocenters. The van der Waals surface area contributed by atoms with Gasteiger partial charge in [-0.1, -0.05) is 12.1 Å². The summed E-state index contributed by atoms with van der Waals surface area (Å²) in [6.07, 6.45) is -4.47. The van der Waals surface area contributed by atoms with Crippen LogP contribution in [0.5, 0.6) is 0 Å². The molecular weight excluding hydrogens is 428 g/mol. The summed E-state index contributed by atoms with van der Waals surface area (Å²) in [6.45, 7) is 0.614. The van der Waals surface area contributed by atoms with Crippen LogP contribution < -0.4 is 5.32 Å². The Bertz CT molecular complexity index is 1020.